The van der Waals surface area contributed by atoms with Crippen LogP contribution in [0.5, 0.6) is 0 Å². The fourth-order valence-corrected chi connectivity index (χ4v) is 1.65. The lowest BCUT2D eigenvalue weighted by Crippen LogP contribution is -2.26. The molecule has 0 radical (unpaired) electrons. The van der Waals surface area contributed by atoms with E-state index >= 15 is 0 Å². The van der Waals surface area contributed by atoms with Crippen molar-refractivity contribution in [1.29, 1.82) is 0 Å². The fraction of sp³-hybridized carbons (Fsp3) is 0.300. The average Bonchev–Trinajstić information content (AvgIpc) is 2.67. The molecule has 15 heavy (non-hydrogen) atoms. The molecule has 0 atom stereocenters. The third-order valence-corrected chi connectivity index (χ3v) is 2.60. The number of benzene rings is 1. The monoisotopic (exact) mass is 224 g/mol. The van der Waals surface area contributed by atoms with Crippen molar-refractivity contribution in [1.82, 2.24) is 5.32 Å². The molecule has 4 nitrogen and oxygen atoms in total. The minimum absolute atomic E-state index is 0.573. The van der Waals surface area contributed by atoms with Crippen LogP contribution in [0.3, 0.4) is 0 Å². The molecule has 1 aromatic carbocycles. The third-order valence-electron chi connectivity index (χ3n) is 2.27. The maximum atomic E-state index is 5.90. The Balaban J connectivity index is 2.24. The van der Waals surface area contributed by atoms with Crippen LogP contribution in [0.1, 0.15) is 5.56 Å². The molecular formula is C10H13ClN4. The number of aryl methyl sites for hydroxylation is 1. The van der Waals surface area contributed by atoms with Gasteiger partial charge < -0.3 is 16.4 Å². The van der Waals surface area contributed by atoms with Gasteiger partial charge in [-0.15, -0.1) is 0 Å². The normalized spacial score (nSPS) is 14.7. The van der Waals surface area contributed by atoms with E-state index in [4.69, 9.17) is 17.3 Å². The summed E-state index contributed by atoms with van der Waals surface area (Å²) in [5.74, 6) is 0.792. The fourth-order valence-electron chi connectivity index (χ4n) is 1.43. The Morgan fingerprint density at radius 2 is 2.33 bits per heavy atom. The van der Waals surface area contributed by atoms with Gasteiger partial charge >= 0.3 is 0 Å². The number of nitrogen functional groups attached to an aromatic ring is 1. The largest absolute Gasteiger partial charge is 0.397 e. The van der Waals surface area contributed by atoms with Crippen LogP contribution in [0.25, 0.3) is 0 Å². The summed E-state index contributed by atoms with van der Waals surface area (Å²) in [6, 6.07) is 3.66. The van der Waals surface area contributed by atoms with Gasteiger partial charge in [-0.2, -0.15) is 0 Å². The number of hydrogen-bond donors (Lipinski definition) is 3. The third kappa shape index (κ3) is 2.15. The molecule has 0 spiro atoms. The lowest BCUT2D eigenvalue weighted by molar-refractivity contribution is 0.959. The molecule has 0 unspecified atom stereocenters. The van der Waals surface area contributed by atoms with Crippen LogP contribution in [-0.2, 0) is 0 Å². The van der Waals surface area contributed by atoms with Crippen LogP contribution in [0.4, 0.5) is 11.4 Å². The zero-order valence-corrected chi connectivity index (χ0v) is 9.23. The number of rotatable bonds is 1. The minimum Gasteiger partial charge on any atom is -0.397 e. The van der Waals surface area contributed by atoms with Gasteiger partial charge in [-0.1, -0.05) is 11.6 Å². The number of nitrogens with one attached hydrogen (secondary N) is 2. The van der Waals surface area contributed by atoms with Gasteiger partial charge in [-0.3, -0.25) is 4.99 Å². The molecule has 1 heterocycles. The molecule has 2 rings (SSSR count). The molecule has 0 aliphatic carbocycles. The highest BCUT2D eigenvalue weighted by Gasteiger charge is 2.08. The lowest BCUT2D eigenvalue weighted by atomic mass is 10.2. The first-order valence-corrected chi connectivity index (χ1v) is 5.15. The smallest absolute Gasteiger partial charge is 0.195 e. The van der Waals surface area contributed by atoms with Crippen LogP contribution in [-0.4, -0.2) is 19.0 Å². The summed E-state index contributed by atoms with van der Waals surface area (Å²) in [4.78, 5) is 4.24. The summed E-state index contributed by atoms with van der Waals surface area (Å²) in [5, 5.41) is 6.89. The number of guanidine groups is 1. The Bertz CT molecular complexity index is 414. The number of nitrogens with zero attached hydrogens (tertiary/aromatic N) is 1. The maximum Gasteiger partial charge on any atom is 0.195 e. The van der Waals surface area contributed by atoms with Gasteiger partial charge in [-0.25, -0.2) is 0 Å². The van der Waals surface area contributed by atoms with Gasteiger partial charge in [0.15, 0.2) is 5.96 Å². The Hall–Kier alpha value is -1.42. The molecule has 0 saturated heterocycles. The SMILES string of the molecule is Cc1cc(Cl)c(N)cc1NC1=NCCN1. The first kappa shape index (κ1) is 10.1. The molecule has 0 amide bonds. The van der Waals surface area contributed by atoms with Crippen LogP contribution in [0, 0.1) is 6.92 Å². The second kappa shape index (κ2) is 3.98. The Labute approximate surface area is 93.5 Å². The van der Waals surface area contributed by atoms with Crippen molar-refractivity contribution in [2.75, 3.05) is 24.1 Å². The minimum atomic E-state index is 0.573. The van der Waals surface area contributed by atoms with E-state index in [0.717, 1.165) is 30.3 Å². The number of nitrogens with two attached hydrogens (primary N) is 1. The zero-order valence-electron chi connectivity index (χ0n) is 8.47. The number of anilines is 2. The van der Waals surface area contributed by atoms with Gasteiger partial charge in [0.25, 0.3) is 0 Å². The van der Waals surface area contributed by atoms with Crippen molar-refractivity contribution < 1.29 is 0 Å². The standard InChI is InChI=1S/C10H13ClN4/c1-6-4-7(11)8(12)5-9(6)15-10-13-2-3-14-10/h4-5H,2-3,12H2,1H3,(H2,13,14,15). The molecule has 0 bridgehead atoms. The first-order chi connectivity index (χ1) is 7.16. The molecule has 80 valence electrons. The van der Waals surface area contributed by atoms with Crippen molar-refractivity contribution in [3.05, 3.63) is 22.7 Å². The predicted molar refractivity (Wildman–Crippen MR) is 64.5 cm³/mol. The molecule has 0 saturated carbocycles. The summed E-state index contributed by atoms with van der Waals surface area (Å²) >= 11 is 5.90. The lowest BCUT2D eigenvalue weighted by Gasteiger charge is -2.11. The van der Waals surface area contributed by atoms with E-state index < -0.39 is 0 Å². The van der Waals surface area contributed by atoms with E-state index in [0.29, 0.717) is 10.7 Å². The topological polar surface area (TPSA) is 62.4 Å². The molecule has 4 N–H and O–H groups in total. The highest BCUT2D eigenvalue weighted by atomic mass is 35.5. The van der Waals surface area contributed by atoms with Crippen molar-refractivity contribution in [2.24, 2.45) is 4.99 Å². The molecular weight excluding hydrogens is 212 g/mol. The maximum absolute atomic E-state index is 5.90. The predicted octanol–water partition coefficient (Wildman–Crippen LogP) is 1.60. The summed E-state index contributed by atoms with van der Waals surface area (Å²) in [6.07, 6.45) is 0. The van der Waals surface area contributed by atoms with Crippen LogP contribution in [0.15, 0.2) is 17.1 Å². The van der Waals surface area contributed by atoms with Crippen molar-refractivity contribution >= 4 is 28.9 Å². The van der Waals surface area contributed by atoms with Gasteiger partial charge in [0.05, 0.1) is 17.3 Å². The number of halogens is 1. The second-order valence-electron chi connectivity index (χ2n) is 3.47. The van der Waals surface area contributed by atoms with Gasteiger partial charge in [0.1, 0.15) is 0 Å². The second-order valence-corrected chi connectivity index (χ2v) is 3.88. The van der Waals surface area contributed by atoms with E-state index in [9.17, 15) is 0 Å². The van der Waals surface area contributed by atoms with Gasteiger partial charge in [0, 0.05) is 12.2 Å². The Kier molecular flexibility index (Phi) is 2.68. The zero-order chi connectivity index (χ0) is 10.8. The van der Waals surface area contributed by atoms with Crippen LogP contribution < -0.4 is 16.4 Å². The summed E-state index contributed by atoms with van der Waals surface area (Å²) in [6.45, 7) is 3.66. The number of aliphatic imine (C=N–C) groups is 1. The van der Waals surface area contributed by atoms with E-state index in [1.54, 1.807) is 0 Å². The van der Waals surface area contributed by atoms with E-state index in [1.165, 1.54) is 0 Å². The van der Waals surface area contributed by atoms with Crippen molar-refractivity contribution in [3.8, 4) is 0 Å². The van der Waals surface area contributed by atoms with Gasteiger partial charge in [-0.05, 0) is 24.6 Å². The molecule has 1 aromatic rings. The molecule has 0 fully saturated rings. The first-order valence-electron chi connectivity index (χ1n) is 4.78. The molecule has 1 aliphatic rings. The average molecular weight is 225 g/mol. The summed E-state index contributed by atoms with van der Waals surface area (Å²) in [7, 11) is 0. The van der Waals surface area contributed by atoms with E-state index in [1.807, 2.05) is 19.1 Å². The van der Waals surface area contributed by atoms with E-state index in [-0.39, 0.29) is 0 Å². The van der Waals surface area contributed by atoms with Crippen LogP contribution in [0.2, 0.25) is 5.02 Å². The molecule has 5 heteroatoms. The summed E-state index contributed by atoms with van der Waals surface area (Å²) in [5.41, 5.74) is 8.29. The van der Waals surface area contributed by atoms with Crippen molar-refractivity contribution in [3.63, 3.8) is 0 Å². The number of hydrogen-bond acceptors (Lipinski definition) is 4. The molecule has 0 aromatic heterocycles. The Morgan fingerprint density at radius 1 is 1.53 bits per heavy atom. The quantitative estimate of drug-likeness (QED) is 0.635. The van der Waals surface area contributed by atoms with Crippen molar-refractivity contribution in [2.45, 2.75) is 6.92 Å². The highest BCUT2D eigenvalue weighted by Crippen LogP contribution is 2.26. The van der Waals surface area contributed by atoms with Gasteiger partial charge in [0.2, 0.25) is 0 Å². The van der Waals surface area contributed by atoms with Crippen LogP contribution >= 0.6 is 11.6 Å². The molecule has 1 aliphatic heterocycles. The summed E-state index contributed by atoms with van der Waals surface area (Å²) < 4.78 is 0. The Morgan fingerprint density at radius 3 is 3.00 bits per heavy atom. The van der Waals surface area contributed by atoms with E-state index in [2.05, 4.69) is 15.6 Å². The highest BCUT2D eigenvalue weighted by molar-refractivity contribution is 6.33.